The van der Waals surface area contributed by atoms with Crippen molar-refractivity contribution in [3.05, 3.63) is 47.5 Å². The Kier molecular flexibility index (Phi) is 11.7. The smallest absolute Gasteiger partial charge is 0.496 e. The van der Waals surface area contributed by atoms with Crippen molar-refractivity contribution in [1.82, 2.24) is 0 Å². The molecule has 0 heterocycles. The van der Waals surface area contributed by atoms with Gasteiger partial charge in [0.15, 0.2) is 0 Å². The number of benzene rings is 2. The number of hydrogen-bond donors (Lipinski definition) is 0. The fourth-order valence-corrected chi connectivity index (χ4v) is 2.64. The van der Waals surface area contributed by atoms with Crippen molar-refractivity contribution in [3.8, 4) is 23.0 Å². The maximum Gasteiger partial charge on any atom is 0.543 e. The van der Waals surface area contributed by atoms with Crippen LogP contribution < -0.4 is 18.9 Å². The summed E-state index contributed by atoms with van der Waals surface area (Å²) in [4.78, 5) is 64.1. The molecule has 2 aromatic carbocycles. The van der Waals surface area contributed by atoms with Gasteiger partial charge in [0, 0.05) is 0 Å². The van der Waals surface area contributed by atoms with Crippen LogP contribution in [-0.2, 0) is 39.1 Å². The molecule has 16 heteroatoms. The fourth-order valence-electron chi connectivity index (χ4n) is 2.64. The van der Waals surface area contributed by atoms with E-state index in [-0.39, 0.29) is 34.1 Å². The van der Waals surface area contributed by atoms with Crippen molar-refractivity contribution in [3.63, 3.8) is 0 Å². The van der Waals surface area contributed by atoms with Crippen LogP contribution in [0.3, 0.4) is 0 Å². The predicted octanol–water partition coefficient (Wildman–Crippen LogP) is 2.73. The van der Waals surface area contributed by atoms with Gasteiger partial charge in [0.25, 0.3) is 0 Å². The number of rotatable bonds is 13. The van der Waals surface area contributed by atoms with Crippen LogP contribution in [0.25, 0.3) is 0 Å². The van der Waals surface area contributed by atoms with Crippen molar-refractivity contribution in [2.75, 3.05) is 41.7 Å². The highest BCUT2D eigenvalue weighted by molar-refractivity contribution is 5.95. The Morgan fingerprint density at radius 1 is 0.526 bits per heavy atom. The lowest BCUT2D eigenvalue weighted by molar-refractivity contribution is -0.453. The van der Waals surface area contributed by atoms with Gasteiger partial charge in [0.1, 0.15) is 47.3 Å². The highest BCUT2D eigenvalue weighted by Gasteiger charge is 2.23. The van der Waals surface area contributed by atoms with Gasteiger partial charge in [0.05, 0.1) is 38.5 Å². The van der Waals surface area contributed by atoms with E-state index in [0.717, 1.165) is 0 Å². The van der Waals surface area contributed by atoms with Gasteiger partial charge in [-0.3, -0.25) is 9.78 Å². The topological polar surface area (TPSA) is 179 Å². The van der Waals surface area contributed by atoms with Crippen molar-refractivity contribution in [2.24, 2.45) is 0 Å². The average Bonchev–Trinajstić information content (AvgIpc) is 2.93. The van der Waals surface area contributed by atoms with E-state index in [1.54, 1.807) is 12.1 Å². The SMILES string of the molecule is COc1cccc(OC)c1C(=O)OOOC(=O)OCCOC(=O)OOOC(=O)c1c(OC)cccc1OC. The Bertz CT molecular complexity index is 983. The first-order chi connectivity index (χ1) is 18.4. The average molecular weight is 542 g/mol. The van der Waals surface area contributed by atoms with Crippen LogP contribution in [0.4, 0.5) is 9.59 Å². The first-order valence-electron chi connectivity index (χ1n) is 10.2. The second-order valence-electron chi connectivity index (χ2n) is 6.32. The Morgan fingerprint density at radius 2 is 0.842 bits per heavy atom. The molecule has 2 rings (SSSR count). The second kappa shape index (κ2) is 15.2. The van der Waals surface area contributed by atoms with E-state index in [4.69, 9.17) is 18.9 Å². The summed E-state index contributed by atoms with van der Waals surface area (Å²) in [7, 11) is 5.26. The molecule has 0 amide bonds. The lowest BCUT2D eigenvalue weighted by atomic mass is 10.2. The first kappa shape index (κ1) is 29.3. The molecule has 0 spiro atoms. The third-order valence-corrected chi connectivity index (χ3v) is 4.21. The summed E-state index contributed by atoms with van der Waals surface area (Å²) in [6, 6.07) is 8.99. The molecule has 0 aliphatic carbocycles. The zero-order valence-electron chi connectivity index (χ0n) is 20.4. The summed E-state index contributed by atoms with van der Waals surface area (Å²) in [5, 5.41) is 8.16. The first-order valence-corrected chi connectivity index (χ1v) is 10.2. The van der Waals surface area contributed by atoms with Crippen LogP contribution in [0.5, 0.6) is 23.0 Å². The standard InChI is InChI=1S/C22H22O16/c1-27-13-7-5-8-14(28-2)17(13)19(23)33-37-35-21(25)31-11-12-32-22(26)36-38-34-20(24)18-15(29-3)9-6-10-16(18)30-4/h5-10H,11-12H2,1-4H3. The summed E-state index contributed by atoms with van der Waals surface area (Å²) >= 11 is 0. The van der Waals surface area contributed by atoms with E-state index in [2.05, 4.69) is 39.1 Å². The molecule has 2 aromatic rings. The molecule has 0 N–H and O–H groups in total. The third kappa shape index (κ3) is 8.32. The summed E-state index contributed by atoms with van der Waals surface area (Å²) in [5.41, 5.74) is -0.257. The summed E-state index contributed by atoms with van der Waals surface area (Å²) < 4.78 is 29.1. The molecule has 0 bridgehead atoms. The van der Waals surface area contributed by atoms with E-state index in [9.17, 15) is 19.2 Å². The predicted molar refractivity (Wildman–Crippen MR) is 117 cm³/mol. The van der Waals surface area contributed by atoms with Gasteiger partial charge in [-0.05, 0) is 24.3 Å². The molecular formula is C22H22O16. The zero-order chi connectivity index (χ0) is 27.9. The van der Waals surface area contributed by atoms with Gasteiger partial charge in [0.2, 0.25) is 0 Å². The molecular weight excluding hydrogens is 520 g/mol. The minimum Gasteiger partial charge on any atom is -0.496 e. The molecule has 0 fully saturated rings. The maximum atomic E-state index is 12.1. The normalized spacial score (nSPS) is 9.89. The van der Waals surface area contributed by atoms with Crippen molar-refractivity contribution < 1.29 is 77.2 Å². The van der Waals surface area contributed by atoms with E-state index in [1.165, 1.54) is 52.7 Å². The minimum atomic E-state index is -1.45. The lowest BCUT2D eigenvalue weighted by Gasteiger charge is -2.11. The van der Waals surface area contributed by atoms with Crippen molar-refractivity contribution in [1.29, 1.82) is 0 Å². The van der Waals surface area contributed by atoms with Gasteiger partial charge in [-0.25, -0.2) is 29.0 Å². The van der Waals surface area contributed by atoms with E-state index >= 15 is 0 Å². The van der Waals surface area contributed by atoms with E-state index in [1.807, 2.05) is 0 Å². The van der Waals surface area contributed by atoms with Crippen LogP contribution in [0.1, 0.15) is 20.7 Å². The van der Waals surface area contributed by atoms with Crippen LogP contribution in [0, 0.1) is 0 Å². The molecule has 0 saturated carbocycles. The molecule has 0 aromatic heterocycles. The fraction of sp³-hybridized carbons (Fsp3) is 0.273. The van der Waals surface area contributed by atoms with Crippen molar-refractivity contribution >= 4 is 24.2 Å². The largest absolute Gasteiger partial charge is 0.543 e. The van der Waals surface area contributed by atoms with Crippen LogP contribution in [0.15, 0.2) is 36.4 Å². The Balaban J connectivity index is 1.64. The lowest BCUT2D eigenvalue weighted by Crippen LogP contribution is -2.18. The summed E-state index contributed by atoms with van der Waals surface area (Å²) in [6.07, 6.45) is -2.89. The van der Waals surface area contributed by atoms with Gasteiger partial charge in [-0.15, -0.1) is 0 Å². The zero-order valence-corrected chi connectivity index (χ0v) is 20.4. The Morgan fingerprint density at radius 3 is 1.13 bits per heavy atom. The molecule has 0 saturated heterocycles. The number of ether oxygens (including phenoxy) is 6. The molecule has 206 valence electrons. The van der Waals surface area contributed by atoms with E-state index in [0.29, 0.717) is 0 Å². The molecule has 38 heavy (non-hydrogen) atoms. The van der Waals surface area contributed by atoms with Gasteiger partial charge >= 0.3 is 24.2 Å². The van der Waals surface area contributed by atoms with Gasteiger partial charge in [-0.1, -0.05) is 12.1 Å². The Labute approximate surface area is 214 Å². The van der Waals surface area contributed by atoms with Crippen molar-refractivity contribution in [2.45, 2.75) is 0 Å². The molecule has 0 atom stereocenters. The van der Waals surface area contributed by atoms with E-state index < -0.39 is 37.5 Å². The van der Waals surface area contributed by atoms with Crippen LogP contribution in [-0.4, -0.2) is 65.9 Å². The molecule has 0 aliphatic heterocycles. The highest BCUT2D eigenvalue weighted by atomic mass is 17.5. The number of carbonyl (C=O) groups excluding carboxylic acids is 4. The summed E-state index contributed by atoms with van der Waals surface area (Å²) in [6.45, 7) is -1.08. The molecule has 0 aliphatic rings. The second-order valence-corrected chi connectivity index (χ2v) is 6.32. The van der Waals surface area contributed by atoms with Crippen LogP contribution >= 0.6 is 0 Å². The van der Waals surface area contributed by atoms with Crippen LogP contribution in [0.2, 0.25) is 0 Å². The molecule has 0 radical (unpaired) electrons. The third-order valence-electron chi connectivity index (χ3n) is 4.21. The number of hydrogen-bond acceptors (Lipinski definition) is 16. The number of methoxy groups -OCH3 is 4. The van der Waals surface area contributed by atoms with Gasteiger partial charge < -0.3 is 28.4 Å². The van der Waals surface area contributed by atoms with Gasteiger partial charge in [-0.2, -0.15) is 0 Å². The molecule has 16 nitrogen and oxygen atoms in total. The Hall–Kier alpha value is -4.96. The quantitative estimate of drug-likeness (QED) is 0.156. The maximum absolute atomic E-state index is 12.1. The number of carbonyl (C=O) groups is 4. The summed E-state index contributed by atoms with van der Waals surface area (Å²) in [5.74, 6) is -1.73. The monoisotopic (exact) mass is 542 g/mol. The minimum absolute atomic E-state index is 0.114. The molecule has 0 unspecified atom stereocenters. The highest BCUT2D eigenvalue weighted by Crippen LogP contribution is 2.30.